The quantitative estimate of drug-likeness (QED) is 0.713. The van der Waals surface area contributed by atoms with Gasteiger partial charge in [0.25, 0.3) is 0 Å². The van der Waals surface area contributed by atoms with Gasteiger partial charge in [0, 0.05) is 26.7 Å². The molecule has 2 aromatic rings. The first-order valence-electron chi connectivity index (χ1n) is 5.66. The number of hydrogen-bond acceptors (Lipinski definition) is 2. The number of thioether (sulfide) groups is 1. The molecule has 19 heavy (non-hydrogen) atoms. The molecule has 2 aromatic carbocycles. The summed E-state index contributed by atoms with van der Waals surface area (Å²) in [6.07, 6.45) is 0. The minimum absolute atomic E-state index is 0.272. The Labute approximate surface area is 133 Å². The molecule has 0 spiro atoms. The van der Waals surface area contributed by atoms with E-state index in [1.54, 1.807) is 30.0 Å². The van der Waals surface area contributed by atoms with Crippen molar-refractivity contribution in [1.82, 2.24) is 0 Å². The first-order chi connectivity index (χ1) is 9.08. The summed E-state index contributed by atoms with van der Waals surface area (Å²) in [6.45, 7) is 0. The Balaban J connectivity index is 2.03. The van der Waals surface area contributed by atoms with Crippen molar-refractivity contribution in [2.75, 3.05) is 5.75 Å². The maximum absolute atomic E-state index is 13.9. The molecular weight excluding hydrogens is 393 g/mol. The second-order valence-electron chi connectivity index (χ2n) is 4.01. The van der Waals surface area contributed by atoms with Crippen LogP contribution in [0.1, 0.15) is 11.6 Å². The van der Waals surface area contributed by atoms with Gasteiger partial charge in [-0.25, -0.2) is 4.39 Å². The third-order valence-electron chi connectivity index (χ3n) is 2.62. The van der Waals surface area contributed by atoms with Gasteiger partial charge in [-0.05, 0) is 46.3 Å². The summed E-state index contributed by atoms with van der Waals surface area (Å²) in [6, 6.07) is 12.9. The summed E-state index contributed by atoms with van der Waals surface area (Å²) in [4.78, 5) is 1.12. The summed E-state index contributed by atoms with van der Waals surface area (Å²) in [7, 11) is 0. The Morgan fingerprint density at radius 1 is 1.11 bits per heavy atom. The van der Waals surface area contributed by atoms with Crippen molar-refractivity contribution in [2.24, 2.45) is 5.73 Å². The van der Waals surface area contributed by atoms with Crippen LogP contribution in [0.2, 0.25) is 0 Å². The topological polar surface area (TPSA) is 26.0 Å². The molecule has 100 valence electrons. The number of hydrogen-bond donors (Lipinski definition) is 1. The molecule has 0 saturated heterocycles. The fraction of sp³-hybridized carbons (Fsp3) is 0.143. The van der Waals surface area contributed by atoms with E-state index in [0.29, 0.717) is 15.8 Å². The van der Waals surface area contributed by atoms with Crippen LogP contribution < -0.4 is 5.73 Å². The van der Waals surface area contributed by atoms with Gasteiger partial charge >= 0.3 is 0 Å². The van der Waals surface area contributed by atoms with E-state index in [9.17, 15) is 4.39 Å². The Bertz CT molecular complexity index is 560. The summed E-state index contributed by atoms with van der Waals surface area (Å²) < 4.78 is 15.4. The van der Waals surface area contributed by atoms with Crippen LogP contribution in [0.25, 0.3) is 0 Å². The average Bonchev–Trinajstić information content (AvgIpc) is 2.41. The van der Waals surface area contributed by atoms with Gasteiger partial charge in [-0.2, -0.15) is 0 Å². The highest BCUT2D eigenvalue weighted by Crippen LogP contribution is 2.28. The lowest BCUT2D eigenvalue weighted by atomic mass is 10.1. The SMILES string of the molecule is NC(CSc1ccc(Br)cc1)c1cccc(Br)c1F. The van der Waals surface area contributed by atoms with E-state index < -0.39 is 0 Å². The van der Waals surface area contributed by atoms with E-state index in [2.05, 4.69) is 31.9 Å². The highest BCUT2D eigenvalue weighted by atomic mass is 79.9. The van der Waals surface area contributed by atoms with Crippen LogP contribution in [0.3, 0.4) is 0 Å². The fourth-order valence-corrected chi connectivity index (χ4v) is 3.14. The first kappa shape index (κ1) is 15.0. The lowest BCUT2D eigenvalue weighted by Crippen LogP contribution is -2.14. The lowest BCUT2D eigenvalue weighted by molar-refractivity contribution is 0.589. The molecule has 1 unspecified atom stereocenters. The molecule has 0 fully saturated rings. The van der Waals surface area contributed by atoms with Crippen molar-refractivity contribution in [3.63, 3.8) is 0 Å². The van der Waals surface area contributed by atoms with E-state index in [4.69, 9.17) is 5.73 Å². The van der Waals surface area contributed by atoms with Gasteiger partial charge in [-0.1, -0.05) is 28.1 Å². The van der Waals surface area contributed by atoms with Crippen LogP contribution >= 0.6 is 43.6 Å². The number of benzene rings is 2. The van der Waals surface area contributed by atoms with Gasteiger partial charge in [0.1, 0.15) is 5.82 Å². The highest BCUT2D eigenvalue weighted by Gasteiger charge is 2.13. The molecule has 0 bridgehead atoms. The summed E-state index contributed by atoms with van der Waals surface area (Å²) in [5, 5.41) is 0. The number of nitrogens with two attached hydrogens (primary N) is 1. The predicted octanol–water partition coefficient (Wildman–Crippen LogP) is 5.14. The largest absolute Gasteiger partial charge is 0.323 e. The molecule has 2 N–H and O–H groups in total. The maximum atomic E-state index is 13.9. The van der Waals surface area contributed by atoms with Gasteiger partial charge < -0.3 is 5.73 Å². The monoisotopic (exact) mass is 403 g/mol. The minimum atomic E-state index is -0.328. The third kappa shape index (κ3) is 4.05. The molecule has 0 radical (unpaired) electrons. The van der Waals surface area contributed by atoms with Gasteiger partial charge in [-0.3, -0.25) is 0 Å². The molecule has 0 aliphatic rings. The van der Waals surface area contributed by atoms with E-state index in [1.807, 2.05) is 24.3 Å². The highest BCUT2D eigenvalue weighted by molar-refractivity contribution is 9.10. The summed E-state index contributed by atoms with van der Waals surface area (Å²) in [5.41, 5.74) is 6.59. The van der Waals surface area contributed by atoms with Crippen LogP contribution in [0.4, 0.5) is 4.39 Å². The van der Waals surface area contributed by atoms with E-state index in [-0.39, 0.29) is 11.9 Å². The average molecular weight is 405 g/mol. The molecule has 0 amide bonds. The molecule has 5 heteroatoms. The van der Waals surface area contributed by atoms with E-state index in [1.165, 1.54) is 0 Å². The van der Waals surface area contributed by atoms with E-state index in [0.717, 1.165) is 9.37 Å². The molecule has 0 aromatic heterocycles. The van der Waals surface area contributed by atoms with Crippen molar-refractivity contribution < 1.29 is 4.39 Å². The zero-order chi connectivity index (χ0) is 13.8. The van der Waals surface area contributed by atoms with Crippen LogP contribution in [-0.2, 0) is 0 Å². The van der Waals surface area contributed by atoms with Crippen LogP contribution in [0.5, 0.6) is 0 Å². The normalized spacial score (nSPS) is 12.4. The Kier molecular flexibility index (Phi) is 5.45. The Morgan fingerprint density at radius 2 is 1.79 bits per heavy atom. The molecule has 1 atom stereocenters. The molecule has 0 aliphatic heterocycles. The predicted molar refractivity (Wildman–Crippen MR) is 85.9 cm³/mol. The van der Waals surface area contributed by atoms with Gasteiger partial charge in [0.15, 0.2) is 0 Å². The fourth-order valence-electron chi connectivity index (χ4n) is 1.61. The zero-order valence-electron chi connectivity index (χ0n) is 9.95. The molecule has 0 aliphatic carbocycles. The van der Waals surface area contributed by atoms with Crippen LogP contribution in [-0.4, -0.2) is 5.75 Å². The first-order valence-corrected chi connectivity index (χ1v) is 8.23. The summed E-state index contributed by atoms with van der Waals surface area (Å²) in [5.74, 6) is 0.362. The van der Waals surface area contributed by atoms with Gasteiger partial charge in [-0.15, -0.1) is 11.8 Å². The lowest BCUT2D eigenvalue weighted by Gasteiger charge is -2.13. The van der Waals surface area contributed by atoms with Crippen molar-refractivity contribution in [3.8, 4) is 0 Å². The number of halogens is 3. The van der Waals surface area contributed by atoms with Crippen LogP contribution in [0, 0.1) is 5.82 Å². The molecule has 0 heterocycles. The molecule has 1 nitrogen and oxygen atoms in total. The maximum Gasteiger partial charge on any atom is 0.142 e. The second kappa shape index (κ2) is 6.88. The number of rotatable bonds is 4. The smallest absolute Gasteiger partial charge is 0.142 e. The van der Waals surface area contributed by atoms with E-state index >= 15 is 0 Å². The van der Waals surface area contributed by atoms with Crippen molar-refractivity contribution in [3.05, 3.63) is 62.8 Å². The molecule has 2 rings (SSSR count). The Hall–Kier alpha value is -0.360. The second-order valence-corrected chi connectivity index (χ2v) is 6.88. The summed E-state index contributed by atoms with van der Waals surface area (Å²) >= 11 is 8.19. The molecule has 0 saturated carbocycles. The van der Waals surface area contributed by atoms with Crippen molar-refractivity contribution >= 4 is 43.6 Å². The minimum Gasteiger partial charge on any atom is -0.323 e. The molecular formula is C14H12Br2FNS. The standard InChI is InChI=1S/C14H12Br2FNS/c15-9-4-6-10(7-5-9)19-8-13(18)11-2-1-3-12(16)14(11)17/h1-7,13H,8,18H2. The van der Waals surface area contributed by atoms with Crippen molar-refractivity contribution in [1.29, 1.82) is 0 Å². The third-order valence-corrected chi connectivity index (χ3v) is 4.90. The van der Waals surface area contributed by atoms with Gasteiger partial charge in [0.2, 0.25) is 0 Å². The van der Waals surface area contributed by atoms with Crippen molar-refractivity contribution in [2.45, 2.75) is 10.9 Å². The zero-order valence-corrected chi connectivity index (χ0v) is 13.9. The van der Waals surface area contributed by atoms with Gasteiger partial charge in [0.05, 0.1) is 4.47 Å². The Morgan fingerprint density at radius 3 is 2.47 bits per heavy atom. The van der Waals surface area contributed by atoms with Crippen LogP contribution in [0.15, 0.2) is 56.3 Å².